The van der Waals surface area contributed by atoms with Gasteiger partial charge in [0.1, 0.15) is 6.04 Å². The fourth-order valence-corrected chi connectivity index (χ4v) is 1.09. The zero-order valence-corrected chi connectivity index (χ0v) is 7.26. The molecule has 0 radical (unpaired) electrons. The first-order chi connectivity index (χ1) is 5.61. The maximum Gasteiger partial charge on any atom is 0.245 e. The van der Waals surface area contributed by atoms with Gasteiger partial charge in [-0.05, 0) is 0 Å². The van der Waals surface area contributed by atoms with Crippen LogP contribution < -0.4 is 10.6 Å². The van der Waals surface area contributed by atoms with Gasteiger partial charge in [0, 0.05) is 20.6 Å². The molecule has 2 amide bonds. The molecule has 68 valence electrons. The van der Waals surface area contributed by atoms with Crippen molar-refractivity contribution >= 4 is 11.8 Å². The Balaban J connectivity index is 2.51. The zero-order valence-electron chi connectivity index (χ0n) is 7.26. The Bertz CT molecular complexity index is 203. The Labute approximate surface area is 71.1 Å². The summed E-state index contributed by atoms with van der Waals surface area (Å²) >= 11 is 0. The highest BCUT2D eigenvalue weighted by atomic mass is 16.2. The number of hydrogen-bond acceptors (Lipinski definition) is 3. The summed E-state index contributed by atoms with van der Waals surface area (Å²) in [6.07, 6.45) is 0. The molecule has 1 unspecified atom stereocenters. The standard InChI is InChI=1S/C7H13N3O2/c1-10(2)7(12)5-3-8-4-6(11)9-5/h5,8H,3-4H2,1-2H3,(H,9,11). The minimum atomic E-state index is -0.402. The molecular weight excluding hydrogens is 158 g/mol. The molecule has 1 atom stereocenters. The van der Waals surface area contributed by atoms with E-state index < -0.39 is 6.04 Å². The van der Waals surface area contributed by atoms with Gasteiger partial charge < -0.3 is 15.5 Å². The summed E-state index contributed by atoms with van der Waals surface area (Å²) in [5.41, 5.74) is 0. The van der Waals surface area contributed by atoms with Gasteiger partial charge in [-0.15, -0.1) is 0 Å². The van der Waals surface area contributed by atoms with Crippen molar-refractivity contribution in [3.05, 3.63) is 0 Å². The fourth-order valence-electron chi connectivity index (χ4n) is 1.09. The van der Waals surface area contributed by atoms with Crippen molar-refractivity contribution in [2.75, 3.05) is 27.2 Å². The van der Waals surface area contributed by atoms with Crippen molar-refractivity contribution in [2.45, 2.75) is 6.04 Å². The summed E-state index contributed by atoms with van der Waals surface area (Å²) in [6, 6.07) is -0.402. The first kappa shape index (κ1) is 8.99. The molecule has 5 heteroatoms. The lowest BCUT2D eigenvalue weighted by Gasteiger charge is -2.25. The number of piperazine rings is 1. The third-order valence-corrected chi connectivity index (χ3v) is 1.71. The highest BCUT2D eigenvalue weighted by Gasteiger charge is 2.25. The summed E-state index contributed by atoms with van der Waals surface area (Å²) in [7, 11) is 3.34. The first-order valence-electron chi connectivity index (χ1n) is 3.82. The summed E-state index contributed by atoms with van der Waals surface area (Å²) in [6.45, 7) is 0.819. The van der Waals surface area contributed by atoms with Gasteiger partial charge in [-0.2, -0.15) is 0 Å². The highest BCUT2D eigenvalue weighted by molar-refractivity contribution is 5.89. The molecule has 1 saturated heterocycles. The van der Waals surface area contributed by atoms with E-state index in [-0.39, 0.29) is 11.8 Å². The Morgan fingerprint density at radius 2 is 2.25 bits per heavy atom. The summed E-state index contributed by atoms with van der Waals surface area (Å²) in [5.74, 6) is -0.197. The summed E-state index contributed by atoms with van der Waals surface area (Å²) in [5, 5.41) is 5.47. The lowest BCUT2D eigenvalue weighted by atomic mass is 10.2. The summed E-state index contributed by atoms with van der Waals surface area (Å²) < 4.78 is 0. The van der Waals surface area contributed by atoms with E-state index in [9.17, 15) is 9.59 Å². The first-order valence-corrected chi connectivity index (χ1v) is 3.82. The third kappa shape index (κ3) is 1.94. The SMILES string of the molecule is CN(C)C(=O)C1CNCC(=O)N1. The van der Waals surface area contributed by atoms with Crippen LogP contribution in [0.5, 0.6) is 0 Å². The molecule has 5 nitrogen and oxygen atoms in total. The molecule has 1 aliphatic rings. The lowest BCUT2D eigenvalue weighted by molar-refractivity contribution is -0.135. The Morgan fingerprint density at radius 3 is 2.75 bits per heavy atom. The van der Waals surface area contributed by atoms with Crippen LogP contribution in [0.1, 0.15) is 0 Å². The molecule has 1 fully saturated rings. The second-order valence-electron chi connectivity index (χ2n) is 2.98. The van der Waals surface area contributed by atoms with E-state index in [1.165, 1.54) is 4.90 Å². The molecule has 0 aromatic rings. The molecule has 12 heavy (non-hydrogen) atoms. The van der Waals surface area contributed by atoms with Crippen molar-refractivity contribution in [1.82, 2.24) is 15.5 Å². The molecule has 1 aliphatic heterocycles. The monoisotopic (exact) mass is 171 g/mol. The van der Waals surface area contributed by atoms with E-state index in [2.05, 4.69) is 10.6 Å². The quantitative estimate of drug-likeness (QED) is 0.487. The van der Waals surface area contributed by atoms with Gasteiger partial charge in [0.05, 0.1) is 6.54 Å². The largest absolute Gasteiger partial charge is 0.347 e. The van der Waals surface area contributed by atoms with E-state index >= 15 is 0 Å². The van der Waals surface area contributed by atoms with Crippen LogP contribution in [0.3, 0.4) is 0 Å². The molecule has 0 spiro atoms. The fraction of sp³-hybridized carbons (Fsp3) is 0.714. The number of hydrogen-bond donors (Lipinski definition) is 2. The van der Waals surface area contributed by atoms with E-state index in [0.29, 0.717) is 13.1 Å². The minimum Gasteiger partial charge on any atom is -0.347 e. The number of carbonyl (C=O) groups is 2. The number of carbonyl (C=O) groups excluding carboxylic acids is 2. The minimum absolute atomic E-state index is 0.0736. The van der Waals surface area contributed by atoms with Crippen LogP contribution in [-0.4, -0.2) is 49.9 Å². The molecule has 1 heterocycles. The third-order valence-electron chi connectivity index (χ3n) is 1.71. The van der Waals surface area contributed by atoms with Crippen LogP contribution >= 0.6 is 0 Å². The Kier molecular flexibility index (Phi) is 2.65. The van der Waals surface area contributed by atoms with Crippen molar-refractivity contribution < 1.29 is 9.59 Å². The van der Waals surface area contributed by atoms with Crippen molar-refractivity contribution in [3.8, 4) is 0 Å². The maximum atomic E-state index is 11.3. The Hall–Kier alpha value is -1.10. The van der Waals surface area contributed by atoms with Crippen LogP contribution in [-0.2, 0) is 9.59 Å². The molecule has 2 N–H and O–H groups in total. The van der Waals surface area contributed by atoms with Crippen LogP contribution in [0.2, 0.25) is 0 Å². The molecule has 0 aromatic carbocycles. The van der Waals surface area contributed by atoms with Gasteiger partial charge in [-0.1, -0.05) is 0 Å². The predicted molar refractivity (Wildman–Crippen MR) is 43.5 cm³/mol. The van der Waals surface area contributed by atoms with Crippen LogP contribution in [0.15, 0.2) is 0 Å². The molecule has 0 aliphatic carbocycles. The smallest absolute Gasteiger partial charge is 0.245 e. The maximum absolute atomic E-state index is 11.3. The van der Waals surface area contributed by atoms with Crippen molar-refractivity contribution in [1.29, 1.82) is 0 Å². The van der Waals surface area contributed by atoms with Gasteiger partial charge >= 0.3 is 0 Å². The molecular formula is C7H13N3O2. The number of nitrogens with zero attached hydrogens (tertiary/aromatic N) is 1. The lowest BCUT2D eigenvalue weighted by Crippen LogP contribution is -2.58. The average Bonchev–Trinajstić information content (AvgIpc) is 2.03. The zero-order chi connectivity index (χ0) is 9.14. The van der Waals surface area contributed by atoms with E-state index in [0.717, 1.165) is 0 Å². The average molecular weight is 171 g/mol. The highest BCUT2D eigenvalue weighted by Crippen LogP contribution is 1.92. The number of amides is 2. The number of nitrogens with one attached hydrogen (secondary N) is 2. The van der Waals surface area contributed by atoms with Gasteiger partial charge in [-0.3, -0.25) is 9.59 Å². The van der Waals surface area contributed by atoms with Gasteiger partial charge in [-0.25, -0.2) is 0 Å². The van der Waals surface area contributed by atoms with Crippen molar-refractivity contribution in [3.63, 3.8) is 0 Å². The van der Waals surface area contributed by atoms with E-state index in [1.54, 1.807) is 14.1 Å². The second kappa shape index (κ2) is 3.53. The summed E-state index contributed by atoms with van der Waals surface area (Å²) in [4.78, 5) is 23.6. The Morgan fingerprint density at radius 1 is 1.58 bits per heavy atom. The number of rotatable bonds is 1. The van der Waals surface area contributed by atoms with Crippen LogP contribution in [0, 0.1) is 0 Å². The second-order valence-corrected chi connectivity index (χ2v) is 2.98. The normalized spacial score (nSPS) is 23.2. The predicted octanol–water partition coefficient (Wildman–Crippen LogP) is -1.84. The number of likely N-dealkylation sites (N-methyl/N-ethyl adjacent to an activating group) is 1. The van der Waals surface area contributed by atoms with Gasteiger partial charge in [0.2, 0.25) is 11.8 Å². The van der Waals surface area contributed by atoms with Gasteiger partial charge in [0.15, 0.2) is 0 Å². The topological polar surface area (TPSA) is 61.4 Å². The van der Waals surface area contributed by atoms with Crippen LogP contribution in [0.4, 0.5) is 0 Å². The van der Waals surface area contributed by atoms with E-state index in [1.807, 2.05) is 0 Å². The van der Waals surface area contributed by atoms with Crippen molar-refractivity contribution in [2.24, 2.45) is 0 Å². The van der Waals surface area contributed by atoms with Gasteiger partial charge in [0.25, 0.3) is 0 Å². The molecule has 0 saturated carbocycles. The molecule has 0 aromatic heterocycles. The van der Waals surface area contributed by atoms with E-state index in [4.69, 9.17) is 0 Å². The molecule has 1 rings (SSSR count). The van der Waals surface area contributed by atoms with Crippen LogP contribution in [0.25, 0.3) is 0 Å². The molecule has 0 bridgehead atoms.